The van der Waals surface area contributed by atoms with Gasteiger partial charge in [0.05, 0.1) is 0 Å². The molecular formula is C14H15BrN2O2. The van der Waals surface area contributed by atoms with Crippen LogP contribution in [0, 0.1) is 0 Å². The summed E-state index contributed by atoms with van der Waals surface area (Å²) in [6.45, 7) is 6.31. The molecule has 0 aliphatic heterocycles. The van der Waals surface area contributed by atoms with Crippen LogP contribution in [0.4, 0.5) is 0 Å². The van der Waals surface area contributed by atoms with E-state index in [-0.39, 0.29) is 11.1 Å². The summed E-state index contributed by atoms with van der Waals surface area (Å²) in [6.07, 6.45) is 1.56. The number of carbonyl (C=O) groups is 1. The van der Waals surface area contributed by atoms with E-state index in [4.69, 9.17) is 5.21 Å². The van der Waals surface area contributed by atoms with Crippen molar-refractivity contribution in [2.75, 3.05) is 0 Å². The topological polar surface area (TPSA) is 62.2 Å². The molecule has 0 radical (unpaired) electrons. The molecule has 1 amide bonds. The average molecular weight is 323 g/mol. The van der Waals surface area contributed by atoms with Crippen molar-refractivity contribution >= 4 is 32.6 Å². The van der Waals surface area contributed by atoms with Gasteiger partial charge < -0.3 is 0 Å². The van der Waals surface area contributed by atoms with E-state index in [1.54, 1.807) is 11.7 Å². The number of aromatic nitrogens is 1. The lowest BCUT2D eigenvalue weighted by atomic mass is 9.86. The Kier molecular flexibility index (Phi) is 3.60. The number of amides is 1. The lowest BCUT2D eigenvalue weighted by Crippen LogP contribution is -2.20. The fraction of sp³-hybridized carbons (Fsp3) is 0.286. The van der Waals surface area contributed by atoms with E-state index in [1.807, 2.05) is 18.2 Å². The minimum Gasteiger partial charge on any atom is -0.288 e. The van der Waals surface area contributed by atoms with Crippen LogP contribution in [0.15, 0.2) is 28.9 Å². The third-order valence-electron chi connectivity index (χ3n) is 3.02. The highest BCUT2D eigenvalue weighted by Gasteiger charge is 2.18. The first-order valence-corrected chi connectivity index (χ1v) is 6.67. The average Bonchev–Trinajstić information content (AvgIpc) is 2.37. The Labute approximate surface area is 119 Å². The normalized spacial score (nSPS) is 11.6. The molecule has 0 aliphatic carbocycles. The first kappa shape index (κ1) is 14.0. The lowest BCUT2D eigenvalue weighted by Gasteiger charge is -2.20. The van der Waals surface area contributed by atoms with E-state index < -0.39 is 5.91 Å². The van der Waals surface area contributed by atoms with Crippen molar-refractivity contribution < 1.29 is 10.0 Å². The maximum atomic E-state index is 11.7. The van der Waals surface area contributed by atoms with E-state index in [9.17, 15) is 4.79 Å². The van der Waals surface area contributed by atoms with Crippen LogP contribution < -0.4 is 5.48 Å². The number of fused-ring (bicyclic) bond motifs is 1. The summed E-state index contributed by atoms with van der Waals surface area (Å²) in [5, 5.41) is 10.4. The molecule has 2 aromatic rings. The Morgan fingerprint density at radius 2 is 2.00 bits per heavy atom. The van der Waals surface area contributed by atoms with E-state index in [1.165, 1.54) is 0 Å². The predicted molar refractivity (Wildman–Crippen MR) is 77.4 cm³/mol. The molecule has 0 saturated carbocycles. The van der Waals surface area contributed by atoms with Crippen molar-refractivity contribution in [2.45, 2.75) is 26.2 Å². The summed E-state index contributed by atoms with van der Waals surface area (Å²) in [4.78, 5) is 15.7. The molecule has 4 nitrogen and oxygen atoms in total. The number of hydroxylamine groups is 1. The molecule has 0 saturated heterocycles. The number of carbonyl (C=O) groups excluding carboxylic acids is 1. The maximum absolute atomic E-state index is 11.7. The molecule has 19 heavy (non-hydrogen) atoms. The lowest BCUT2D eigenvalue weighted by molar-refractivity contribution is 0.0703. The van der Waals surface area contributed by atoms with Crippen LogP contribution in [0.5, 0.6) is 0 Å². The van der Waals surface area contributed by atoms with Crippen LogP contribution in [0.25, 0.3) is 10.8 Å². The standard InChI is InChI=1S/C14H15BrN2O2/c1-14(2,3)8-4-5-9-10(6-8)12(13(18)17-19)16-7-11(9)15/h4-7,19H,1-3H3,(H,17,18). The van der Waals surface area contributed by atoms with Gasteiger partial charge in [-0.3, -0.25) is 10.0 Å². The Bertz CT molecular complexity index is 648. The highest BCUT2D eigenvalue weighted by atomic mass is 79.9. The van der Waals surface area contributed by atoms with Gasteiger partial charge in [0, 0.05) is 16.1 Å². The first-order chi connectivity index (χ1) is 8.84. The fourth-order valence-corrected chi connectivity index (χ4v) is 2.36. The summed E-state index contributed by atoms with van der Waals surface area (Å²) >= 11 is 3.42. The van der Waals surface area contributed by atoms with E-state index in [0.717, 1.165) is 15.4 Å². The molecule has 0 fully saturated rings. The van der Waals surface area contributed by atoms with Crippen molar-refractivity contribution in [1.82, 2.24) is 10.5 Å². The second-order valence-corrected chi connectivity index (χ2v) is 6.26. The second kappa shape index (κ2) is 4.90. The van der Waals surface area contributed by atoms with E-state index >= 15 is 0 Å². The van der Waals surface area contributed by atoms with E-state index in [2.05, 4.69) is 41.7 Å². The zero-order valence-electron chi connectivity index (χ0n) is 11.0. The number of benzene rings is 1. The minimum atomic E-state index is -0.608. The van der Waals surface area contributed by atoms with Crippen molar-refractivity contribution in [2.24, 2.45) is 0 Å². The number of halogens is 1. The molecule has 1 aromatic carbocycles. The van der Waals surface area contributed by atoms with E-state index in [0.29, 0.717) is 5.39 Å². The number of hydrogen-bond donors (Lipinski definition) is 2. The van der Waals surface area contributed by atoms with Crippen molar-refractivity contribution in [3.63, 3.8) is 0 Å². The highest BCUT2D eigenvalue weighted by molar-refractivity contribution is 9.10. The zero-order chi connectivity index (χ0) is 14.2. The predicted octanol–water partition coefficient (Wildman–Crippen LogP) is 3.41. The van der Waals surface area contributed by atoms with Gasteiger partial charge in [-0.15, -0.1) is 0 Å². The van der Waals surface area contributed by atoms with Gasteiger partial charge >= 0.3 is 0 Å². The SMILES string of the molecule is CC(C)(C)c1ccc2c(Br)cnc(C(=O)NO)c2c1. The molecule has 1 aromatic heterocycles. The smallest absolute Gasteiger partial charge is 0.288 e. The Morgan fingerprint density at radius 3 is 2.58 bits per heavy atom. The van der Waals surface area contributed by atoms with Crippen LogP contribution in [0.1, 0.15) is 36.8 Å². The van der Waals surface area contributed by atoms with Gasteiger partial charge in [-0.05, 0) is 38.4 Å². The van der Waals surface area contributed by atoms with Crippen LogP contribution >= 0.6 is 15.9 Å². The van der Waals surface area contributed by atoms with Gasteiger partial charge in [0.15, 0.2) is 0 Å². The molecule has 0 atom stereocenters. The van der Waals surface area contributed by atoms with Crippen LogP contribution in [-0.4, -0.2) is 16.1 Å². The zero-order valence-corrected chi connectivity index (χ0v) is 12.6. The molecule has 1 heterocycles. The molecule has 2 rings (SSSR count). The maximum Gasteiger partial charge on any atom is 0.293 e. The van der Waals surface area contributed by atoms with Crippen LogP contribution in [0.2, 0.25) is 0 Å². The third-order valence-corrected chi connectivity index (χ3v) is 3.65. The van der Waals surface area contributed by atoms with Crippen molar-refractivity contribution in [1.29, 1.82) is 0 Å². The van der Waals surface area contributed by atoms with Gasteiger partial charge in [-0.25, -0.2) is 10.5 Å². The Morgan fingerprint density at radius 1 is 1.32 bits per heavy atom. The number of nitrogens with zero attached hydrogens (tertiary/aromatic N) is 1. The Hall–Kier alpha value is -1.46. The summed E-state index contributed by atoms with van der Waals surface area (Å²) in [5.74, 6) is -0.608. The van der Waals surface area contributed by atoms with Crippen molar-refractivity contribution in [3.8, 4) is 0 Å². The van der Waals surface area contributed by atoms with Crippen molar-refractivity contribution in [3.05, 3.63) is 40.1 Å². The number of rotatable bonds is 1. The number of nitrogens with one attached hydrogen (secondary N) is 1. The molecule has 2 N–H and O–H groups in total. The van der Waals surface area contributed by atoms with Gasteiger partial charge in [0.25, 0.3) is 5.91 Å². The minimum absolute atomic E-state index is 0.0243. The summed E-state index contributed by atoms with van der Waals surface area (Å²) < 4.78 is 0.817. The van der Waals surface area contributed by atoms with Crippen LogP contribution in [0.3, 0.4) is 0 Å². The Balaban J connectivity index is 2.77. The van der Waals surface area contributed by atoms with Gasteiger partial charge in [-0.2, -0.15) is 0 Å². The first-order valence-electron chi connectivity index (χ1n) is 5.88. The molecule has 0 aliphatic rings. The van der Waals surface area contributed by atoms with Gasteiger partial charge in [-0.1, -0.05) is 32.9 Å². The monoisotopic (exact) mass is 322 g/mol. The molecule has 0 bridgehead atoms. The molecule has 0 unspecified atom stereocenters. The summed E-state index contributed by atoms with van der Waals surface area (Å²) in [5.41, 5.74) is 2.93. The number of pyridine rings is 1. The summed E-state index contributed by atoms with van der Waals surface area (Å²) in [6, 6.07) is 5.93. The van der Waals surface area contributed by atoms with Crippen LogP contribution in [-0.2, 0) is 5.41 Å². The molecule has 0 spiro atoms. The fourth-order valence-electron chi connectivity index (χ4n) is 1.91. The molecular weight excluding hydrogens is 308 g/mol. The summed E-state index contributed by atoms with van der Waals surface area (Å²) in [7, 11) is 0. The highest BCUT2D eigenvalue weighted by Crippen LogP contribution is 2.30. The third kappa shape index (κ3) is 2.62. The number of hydrogen-bond acceptors (Lipinski definition) is 3. The largest absolute Gasteiger partial charge is 0.293 e. The quantitative estimate of drug-likeness (QED) is 0.624. The second-order valence-electron chi connectivity index (χ2n) is 5.41. The molecule has 100 valence electrons. The van der Waals surface area contributed by atoms with Gasteiger partial charge in [0.1, 0.15) is 5.69 Å². The van der Waals surface area contributed by atoms with Gasteiger partial charge in [0.2, 0.25) is 0 Å². The molecule has 5 heteroatoms.